The summed E-state index contributed by atoms with van der Waals surface area (Å²) in [5.41, 5.74) is 1.60. The first-order chi connectivity index (χ1) is 12.7. The molecule has 1 fully saturated rings. The number of halogens is 1. The molecule has 0 unspecified atom stereocenters. The Labute approximate surface area is 156 Å². The highest BCUT2D eigenvalue weighted by Gasteiger charge is 2.24. The summed E-state index contributed by atoms with van der Waals surface area (Å²) in [5.74, 6) is 1.04. The largest absolute Gasteiger partial charge is 0.350 e. The molecule has 0 aliphatic carbocycles. The third kappa shape index (κ3) is 3.43. The minimum atomic E-state index is -0.133. The molecule has 1 N–H and O–H groups in total. The van der Waals surface area contributed by atoms with Gasteiger partial charge >= 0.3 is 5.69 Å². The van der Waals surface area contributed by atoms with Gasteiger partial charge in [0.05, 0.1) is 12.2 Å². The van der Waals surface area contributed by atoms with Crippen molar-refractivity contribution < 1.29 is 0 Å². The normalized spacial score (nSPS) is 17.3. The second-order valence-corrected chi connectivity index (χ2v) is 6.89. The maximum absolute atomic E-state index is 13.1. The van der Waals surface area contributed by atoms with E-state index in [1.165, 1.54) is 4.68 Å². The maximum atomic E-state index is 13.1. The van der Waals surface area contributed by atoms with Crippen LogP contribution in [0.5, 0.6) is 0 Å². The van der Waals surface area contributed by atoms with Crippen molar-refractivity contribution in [2.45, 2.75) is 25.3 Å². The molecule has 0 radical (unpaired) electrons. The van der Waals surface area contributed by atoms with E-state index < -0.39 is 0 Å². The van der Waals surface area contributed by atoms with Crippen LogP contribution < -0.4 is 11.0 Å². The number of nitrogens with zero attached hydrogens (tertiary/aromatic N) is 4. The molecule has 1 aliphatic rings. The van der Waals surface area contributed by atoms with Gasteiger partial charge in [0.2, 0.25) is 0 Å². The number of pyridine rings is 1. The zero-order valence-electron chi connectivity index (χ0n) is 14.3. The van der Waals surface area contributed by atoms with Crippen LogP contribution in [-0.4, -0.2) is 32.4 Å². The van der Waals surface area contributed by atoms with Crippen molar-refractivity contribution in [3.8, 4) is 5.69 Å². The quantitative estimate of drug-likeness (QED) is 0.718. The van der Waals surface area contributed by atoms with Crippen LogP contribution in [-0.2, 0) is 6.54 Å². The molecule has 0 spiro atoms. The molecule has 1 aromatic carbocycles. The smallest absolute Gasteiger partial charge is 0.316 e. The summed E-state index contributed by atoms with van der Waals surface area (Å²) >= 11 is 5.85. The fourth-order valence-corrected chi connectivity index (χ4v) is 3.47. The highest BCUT2D eigenvalue weighted by molar-refractivity contribution is 6.29. The van der Waals surface area contributed by atoms with Crippen molar-refractivity contribution in [2.24, 2.45) is 0 Å². The van der Waals surface area contributed by atoms with Gasteiger partial charge in [-0.15, -0.1) is 0 Å². The van der Waals surface area contributed by atoms with Crippen molar-refractivity contribution in [3.63, 3.8) is 0 Å². The molecule has 1 saturated heterocycles. The Morgan fingerprint density at radius 1 is 1.19 bits per heavy atom. The Hall–Kier alpha value is -2.44. The van der Waals surface area contributed by atoms with Crippen LogP contribution in [0.4, 0.5) is 0 Å². The fraction of sp³-hybridized carbons (Fsp3) is 0.316. The summed E-state index contributed by atoms with van der Waals surface area (Å²) in [6, 6.07) is 13.3. The Balaban J connectivity index is 1.76. The summed E-state index contributed by atoms with van der Waals surface area (Å²) in [5, 5.41) is 8.54. The van der Waals surface area contributed by atoms with E-state index in [9.17, 15) is 4.79 Å². The van der Waals surface area contributed by atoms with Gasteiger partial charge in [0, 0.05) is 18.7 Å². The van der Waals surface area contributed by atoms with Gasteiger partial charge in [0.25, 0.3) is 0 Å². The van der Waals surface area contributed by atoms with Gasteiger partial charge in [-0.25, -0.2) is 19.0 Å². The fourth-order valence-electron chi connectivity index (χ4n) is 3.36. The second-order valence-electron chi connectivity index (χ2n) is 6.50. The monoisotopic (exact) mass is 369 g/mol. The molecule has 1 aliphatic heterocycles. The standard InChI is InChI=1S/C19H20ClN5O/c20-17-9-8-14(11-22-17)13-24-19(26)25(16-6-2-1-3-7-16)18(23-24)15-5-4-10-21-12-15/h1-3,6-9,11,15,21H,4-5,10,12-13H2/t15-/m0/s1. The van der Waals surface area contributed by atoms with Crippen LogP contribution in [0.2, 0.25) is 5.15 Å². The molecule has 26 heavy (non-hydrogen) atoms. The SMILES string of the molecule is O=c1n(Cc2ccc(Cl)nc2)nc([C@H]2CCCNC2)n1-c1ccccc1. The minimum absolute atomic E-state index is 0.133. The summed E-state index contributed by atoms with van der Waals surface area (Å²) in [6.45, 7) is 2.23. The van der Waals surface area contributed by atoms with Gasteiger partial charge in [-0.05, 0) is 43.1 Å². The van der Waals surface area contributed by atoms with Gasteiger partial charge in [-0.3, -0.25) is 0 Å². The molecule has 6 nitrogen and oxygen atoms in total. The van der Waals surface area contributed by atoms with Gasteiger partial charge in [-0.2, -0.15) is 5.10 Å². The van der Waals surface area contributed by atoms with Gasteiger partial charge < -0.3 is 5.32 Å². The molecule has 4 rings (SSSR count). The van der Waals surface area contributed by atoms with Crippen LogP contribution in [0.15, 0.2) is 53.5 Å². The van der Waals surface area contributed by atoms with E-state index in [1.54, 1.807) is 16.8 Å². The lowest BCUT2D eigenvalue weighted by Gasteiger charge is -2.22. The molecule has 3 heterocycles. The average Bonchev–Trinajstić information content (AvgIpc) is 3.01. The topological polar surface area (TPSA) is 64.7 Å². The van der Waals surface area contributed by atoms with Crippen LogP contribution in [0.3, 0.4) is 0 Å². The third-order valence-corrected chi connectivity index (χ3v) is 4.89. The van der Waals surface area contributed by atoms with E-state index in [0.29, 0.717) is 11.7 Å². The van der Waals surface area contributed by atoms with E-state index in [1.807, 2.05) is 36.4 Å². The zero-order valence-corrected chi connectivity index (χ0v) is 15.1. The van der Waals surface area contributed by atoms with Crippen LogP contribution in [0.25, 0.3) is 5.69 Å². The van der Waals surface area contributed by atoms with E-state index >= 15 is 0 Å². The van der Waals surface area contributed by atoms with Crippen molar-refractivity contribution >= 4 is 11.6 Å². The second kappa shape index (κ2) is 7.43. The highest BCUT2D eigenvalue weighted by Crippen LogP contribution is 2.23. The van der Waals surface area contributed by atoms with Crippen LogP contribution in [0, 0.1) is 0 Å². The summed E-state index contributed by atoms with van der Waals surface area (Å²) in [4.78, 5) is 17.2. The van der Waals surface area contributed by atoms with Gasteiger partial charge in [-0.1, -0.05) is 35.9 Å². The Morgan fingerprint density at radius 2 is 2.04 bits per heavy atom. The van der Waals surface area contributed by atoms with E-state index in [0.717, 1.165) is 43.0 Å². The molecule has 7 heteroatoms. The van der Waals surface area contributed by atoms with Crippen LogP contribution >= 0.6 is 11.6 Å². The lowest BCUT2D eigenvalue weighted by molar-refractivity contribution is 0.439. The number of hydrogen-bond acceptors (Lipinski definition) is 4. The maximum Gasteiger partial charge on any atom is 0.350 e. The number of rotatable bonds is 4. The summed E-state index contributed by atoms with van der Waals surface area (Å²) < 4.78 is 3.25. The Kier molecular flexibility index (Phi) is 4.86. The summed E-state index contributed by atoms with van der Waals surface area (Å²) in [6.07, 6.45) is 3.79. The number of benzene rings is 1. The van der Waals surface area contributed by atoms with E-state index in [-0.39, 0.29) is 11.6 Å². The average molecular weight is 370 g/mol. The molecule has 3 aromatic rings. The van der Waals surface area contributed by atoms with E-state index in [4.69, 9.17) is 16.7 Å². The molecule has 1 atom stereocenters. The first-order valence-corrected chi connectivity index (χ1v) is 9.16. The zero-order chi connectivity index (χ0) is 17.9. The number of hydrogen-bond donors (Lipinski definition) is 1. The third-order valence-electron chi connectivity index (χ3n) is 4.66. The van der Waals surface area contributed by atoms with Gasteiger partial charge in [0.15, 0.2) is 0 Å². The number of para-hydroxylation sites is 1. The first kappa shape index (κ1) is 17.0. The molecular formula is C19H20ClN5O. The molecule has 0 saturated carbocycles. The van der Waals surface area contributed by atoms with Crippen molar-refractivity contribution in [2.75, 3.05) is 13.1 Å². The number of piperidine rings is 1. The predicted octanol–water partition coefficient (Wildman–Crippen LogP) is 2.60. The Bertz CT molecular complexity index is 927. The lowest BCUT2D eigenvalue weighted by Crippen LogP contribution is -2.31. The minimum Gasteiger partial charge on any atom is -0.316 e. The van der Waals surface area contributed by atoms with Crippen molar-refractivity contribution in [3.05, 3.63) is 75.7 Å². The van der Waals surface area contributed by atoms with Crippen LogP contribution in [0.1, 0.15) is 30.1 Å². The number of aromatic nitrogens is 4. The first-order valence-electron chi connectivity index (χ1n) is 8.79. The van der Waals surface area contributed by atoms with Gasteiger partial charge in [0.1, 0.15) is 11.0 Å². The highest BCUT2D eigenvalue weighted by atomic mass is 35.5. The predicted molar refractivity (Wildman–Crippen MR) is 101 cm³/mol. The molecule has 134 valence electrons. The summed E-state index contributed by atoms with van der Waals surface area (Å²) in [7, 11) is 0. The molecular weight excluding hydrogens is 350 g/mol. The number of nitrogens with one attached hydrogen (secondary N) is 1. The molecule has 0 bridgehead atoms. The molecule has 2 aromatic heterocycles. The lowest BCUT2D eigenvalue weighted by atomic mass is 9.99. The Morgan fingerprint density at radius 3 is 2.73 bits per heavy atom. The van der Waals surface area contributed by atoms with Crippen molar-refractivity contribution in [1.29, 1.82) is 0 Å². The molecule has 0 amide bonds. The van der Waals surface area contributed by atoms with Crippen molar-refractivity contribution in [1.82, 2.24) is 24.6 Å². The van der Waals surface area contributed by atoms with E-state index in [2.05, 4.69) is 10.3 Å².